The van der Waals surface area contributed by atoms with Gasteiger partial charge < -0.3 is 14.4 Å². The van der Waals surface area contributed by atoms with Crippen molar-refractivity contribution in [1.29, 1.82) is 0 Å². The number of imide groups is 1. The lowest BCUT2D eigenvalue weighted by atomic mass is 10.0. The first kappa shape index (κ1) is 15.0. The first-order valence-corrected chi connectivity index (χ1v) is 7.25. The van der Waals surface area contributed by atoms with Crippen LogP contribution in [0.4, 0.5) is 4.79 Å². The predicted molar refractivity (Wildman–Crippen MR) is 76.2 cm³/mol. The van der Waals surface area contributed by atoms with Gasteiger partial charge in [0.2, 0.25) is 5.91 Å². The molecule has 2 heterocycles. The monoisotopic (exact) mass is 300 g/mol. The van der Waals surface area contributed by atoms with Crippen LogP contribution in [0.1, 0.15) is 27.2 Å². The van der Waals surface area contributed by atoms with E-state index in [0.717, 1.165) is 4.90 Å². The van der Waals surface area contributed by atoms with Crippen LogP contribution in [0.2, 0.25) is 0 Å². The van der Waals surface area contributed by atoms with Crippen LogP contribution in [0, 0.1) is 5.92 Å². The topological polar surface area (TPSA) is 59.1 Å². The van der Waals surface area contributed by atoms with Crippen LogP contribution in [0.15, 0.2) is 0 Å². The molecular weight excluding hydrogens is 280 g/mol. The maximum absolute atomic E-state index is 12.1. The van der Waals surface area contributed by atoms with Gasteiger partial charge in [0.15, 0.2) is 0 Å². The average Bonchev–Trinajstić information content (AvgIpc) is 2.95. The molecule has 0 aliphatic carbocycles. The minimum absolute atomic E-state index is 0.0988. The highest BCUT2D eigenvalue weighted by Gasteiger charge is 2.38. The van der Waals surface area contributed by atoms with E-state index in [4.69, 9.17) is 21.7 Å². The van der Waals surface area contributed by atoms with Crippen LogP contribution >= 0.6 is 12.2 Å². The molecule has 2 aliphatic rings. The van der Waals surface area contributed by atoms with E-state index in [-0.39, 0.29) is 31.0 Å². The highest BCUT2D eigenvalue weighted by atomic mass is 32.1. The van der Waals surface area contributed by atoms with Gasteiger partial charge in [-0.15, -0.1) is 0 Å². The van der Waals surface area contributed by atoms with E-state index < -0.39 is 6.09 Å². The van der Waals surface area contributed by atoms with Gasteiger partial charge in [0.25, 0.3) is 5.17 Å². The summed E-state index contributed by atoms with van der Waals surface area (Å²) in [4.78, 5) is 26.6. The predicted octanol–water partition coefficient (Wildman–Crippen LogP) is 1.39. The third kappa shape index (κ3) is 2.87. The van der Waals surface area contributed by atoms with E-state index in [1.807, 2.05) is 11.8 Å². The maximum atomic E-state index is 12.1. The molecule has 0 unspecified atom stereocenters. The lowest BCUT2D eigenvalue weighted by Gasteiger charge is -2.31. The van der Waals surface area contributed by atoms with E-state index in [0.29, 0.717) is 24.2 Å². The fourth-order valence-corrected chi connectivity index (χ4v) is 2.93. The lowest BCUT2D eigenvalue weighted by Crippen LogP contribution is -2.46. The zero-order chi connectivity index (χ0) is 14.9. The zero-order valence-corrected chi connectivity index (χ0v) is 12.8. The molecule has 2 rings (SSSR count). The van der Waals surface area contributed by atoms with Gasteiger partial charge in [-0.05, 0) is 25.1 Å². The number of amides is 2. The Morgan fingerprint density at radius 1 is 1.40 bits per heavy atom. The van der Waals surface area contributed by atoms with Crippen LogP contribution in [0.5, 0.6) is 0 Å². The number of rotatable bonds is 4. The lowest BCUT2D eigenvalue weighted by molar-refractivity contribution is -0.128. The standard InChI is InChI=1S/C13H20N2O4S/c1-8(2)10-7-19-13(20)15(10)9(3)6-11(16)14-4-5-18-12(14)17/h8-10H,4-7H2,1-3H3/t9-,10+/m0/s1. The second-order valence-corrected chi connectivity index (χ2v) is 5.86. The number of thiocarbonyl (C=S) groups is 1. The van der Waals surface area contributed by atoms with E-state index in [9.17, 15) is 9.59 Å². The Morgan fingerprint density at radius 3 is 2.65 bits per heavy atom. The molecule has 0 aromatic carbocycles. The Kier molecular flexibility index (Phi) is 4.47. The van der Waals surface area contributed by atoms with Crippen LogP contribution in [0.25, 0.3) is 0 Å². The maximum Gasteiger partial charge on any atom is 0.416 e. The second kappa shape index (κ2) is 5.95. The minimum Gasteiger partial charge on any atom is -0.469 e. The molecule has 0 N–H and O–H groups in total. The molecule has 0 radical (unpaired) electrons. The van der Waals surface area contributed by atoms with Crippen molar-refractivity contribution in [3.05, 3.63) is 0 Å². The molecule has 2 amide bonds. The molecule has 2 saturated heterocycles. The van der Waals surface area contributed by atoms with Crippen molar-refractivity contribution < 1.29 is 19.1 Å². The Hall–Kier alpha value is -1.37. The summed E-state index contributed by atoms with van der Waals surface area (Å²) in [5, 5.41) is 0.438. The van der Waals surface area contributed by atoms with Crippen molar-refractivity contribution in [2.75, 3.05) is 19.8 Å². The molecule has 112 valence electrons. The summed E-state index contributed by atoms with van der Waals surface area (Å²) < 4.78 is 10.2. The normalized spacial score (nSPS) is 24.1. The zero-order valence-electron chi connectivity index (χ0n) is 12.0. The SMILES string of the molecule is CC(C)[C@H]1COC(=S)N1[C@@H](C)CC(=O)N1CCOC1=O. The summed E-state index contributed by atoms with van der Waals surface area (Å²) in [6, 6.07) is 0.0779. The number of hydrogen-bond donors (Lipinski definition) is 0. The van der Waals surface area contributed by atoms with Crippen molar-refractivity contribution in [2.24, 2.45) is 5.92 Å². The molecule has 0 spiro atoms. The van der Waals surface area contributed by atoms with E-state index in [2.05, 4.69) is 13.8 Å². The fraction of sp³-hybridized carbons (Fsp3) is 0.769. The van der Waals surface area contributed by atoms with Crippen molar-refractivity contribution in [1.82, 2.24) is 9.80 Å². The van der Waals surface area contributed by atoms with Gasteiger partial charge in [0, 0.05) is 12.5 Å². The van der Waals surface area contributed by atoms with Gasteiger partial charge in [-0.25, -0.2) is 9.69 Å². The number of carbonyl (C=O) groups excluding carboxylic acids is 2. The van der Waals surface area contributed by atoms with E-state index in [1.165, 1.54) is 0 Å². The second-order valence-electron chi connectivity index (χ2n) is 5.51. The molecule has 0 aromatic heterocycles. The van der Waals surface area contributed by atoms with Crippen LogP contribution < -0.4 is 0 Å². The summed E-state index contributed by atoms with van der Waals surface area (Å²) in [6.45, 7) is 7.29. The van der Waals surface area contributed by atoms with Gasteiger partial charge in [0.1, 0.15) is 13.2 Å². The highest BCUT2D eigenvalue weighted by molar-refractivity contribution is 7.80. The summed E-state index contributed by atoms with van der Waals surface area (Å²) in [5.74, 6) is 0.155. The number of hydrogen-bond acceptors (Lipinski definition) is 5. The van der Waals surface area contributed by atoms with Crippen LogP contribution in [-0.4, -0.2) is 58.8 Å². The quantitative estimate of drug-likeness (QED) is 0.731. The van der Waals surface area contributed by atoms with Crippen molar-refractivity contribution in [2.45, 2.75) is 39.3 Å². The van der Waals surface area contributed by atoms with E-state index in [1.54, 1.807) is 0 Å². The first-order chi connectivity index (χ1) is 9.41. The molecule has 2 aliphatic heterocycles. The Labute approximate surface area is 124 Å². The Balaban J connectivity index is 1.99. The largest absolute Gasteiger partial charge is 0.469 e. The molecule has 7 heteroatoms. The summed E-state index contributed by atoms with van der Waals surface area (Å²) in [7, 11) is 0. The van der Waals surface area contributed by atoms with Crippen molar-refractivity contribution in [3.63, 3.8) is 0 Å². The van der Waals surface area contributed by atoms with Gasteiger partial charge in [-0.3, -0.25) is 4.79 Å². The molecule has 0 saturated carbocycles. The van der Waals surface area contributed by atoms with Gasteiger partial charge in [-0.2, -0.15) is 0 Å². The highest BCUT2D eigenvalue weighted by Crippen LogP contribution is 2.24. The molecule has 2 atom stereocenters. The third-order valence-corrected chi connectivity index (χ3v) is 4.05. The van der Waals surface area contributed by atoms with Gasteiger partial charge >= 0.3 is 6.09 Å². The summed E-state index contributed by atoms with van der Waals surface area (Å²) in [5.41, 5.74) is 0. The average molecular weight is 300 g/mol. The van der Waals surface area contributed by atoms with Crippen molar-refractivity contribution >= 4 is 29.4 Å². The number of ether oxygens (including phenoxy) is 2. The smallest absolute Gasteiger partial charge is 0.416 e. The van der Waals surface area contributed by atoms with Crippen molar-refractivity contribution in [3.8, 4) is 0 Å². The molecule has 6 nitrogen and oxygen atoms in total. The van der Waals surface area contributed by atoms with E-state index >= 15 is 0 Å². The molecule has 0 bridgehead atoms. The number of carbonyl (C=O) groups is 2. The molecule has 0 aromatic rings. The van der Waals surface area contributed by atoms with Crippen LogP contribution in [-0.2, 0) is 14.3 Å². The Morgan fingerprint density at radius 2 is 2.10 bits per heavy atom. The number of cyclic esters (lactones) is 1. The van der Waals surface area contributed by atoms with Crippen LogP contribution in [0.3, 0.4) is 0 Å². The number of nitrogens with zero attached hydrogens (tertiary/aromatic N) is 2. The van der Waals surface area contributed by atoms with Gasteiger partial charge in [-0.1, -0.05) is 13.8 Å². The molecule has 20 heavy (non-hydrogen) atoms. The third-order valence-electron chi connectivity index (χ3n) is 3.72. The fourth-order valence-electron chi connectivity index (χ4n) is 2.55. The first-order valence-electron chi connectivity index (χ1n) is 6.84. The summed E-state index contributed by atoms with van der Waals surface area (Å²) >= 11 is 5.21. The van der Waals surface area contributed by atoms with Gasteiger partial charge in [0.05, 0.1) is 12.6 Å². The Bertz CT molecular complexity index is 427. The molecule has 2 fully saturated rings. The molecular formula is C13H20N2O4S. The summed E-state index contributed by atoms with van der Waals surface area (Å²) in [6.07, 6.45) is -0.329. The minimum atomic E-state index is -0.553.